The Balaban J connectivity index is 1.78. The molecule has 0 N–H and O–H groups in total. The number of benzene rings is 1. The number of ether oxygens (including phenoxy) is 1. The van der Waals surface area contributed by atoms with E-state index >= 15 is 0 Å². The van der Waals surface area contributed by atoms with Crippen molar-refractivity contribution < 1.29 is 18.3 Å². The van der Waals surface area contributed by atoms with Crippen LogP contribution in [-0.2, 0) is 24.2 Å². The van der Waals surface area contributed by atoms with Gasteiger partial charge in [0.2, 0.25) is 11.8 Å². The van der Waals surface area contributed by atoms with Crippen LogP contribution in [0.1, 0.15) is 49.3 Å². The molecule has 3 rings (SSSR count). The van der Waals surface area contributed by atoms with Crippen molar-refractivity contribution in [3.63, 3.8) is 0 Å². The predicted octanol–water partition coefficient (Wildman–Crippen LogP) is 4.28. The van der Waals surface area contributed by atoms with E-state index in [1.54, 1.807) is 4.90 Å². The summed E-state index contributed by atoms with van der Waals surface area (Å²) in [6, 6.07) is 4.15. The normalized spacial score (nSPS) is 20.0. The van der Waals surface area contributed by atoms with E-state index < -0.39 is 5.92 Å². The Morgan fingerprint density at radius 2 is 2.08 bits per heavy atom. The maximum Gasteiger partial charge on any atom is 0.248 e. The number of nitrogens with zero attached hydrogens (tertiary/aromatic N) is 1. The maximum atomic E-state index is 13.3. The number of amides is 1. The third kappa shape index (κ3) is 4.02. The smallest absolute Gasteiger partial charge is 0.248 e. The third-order valence-corrected chi connectivity index (χ3v) is 5.22. The minimum atomic E-state index is -2.55. The molecule has 1 aliphatic carbocycles. The highest BCUT2D eigenvalue weighted by molar-refractivity contribution is 5.87. The number of carbonyl (C=O) groups excluding carboxylic acids is 1. The lowest BCUT2D eigenvalue weighted by molar-refractivity contribution is -0.126. The molecule has 0 saturated heterocycles. The molecule has 2 aliphatic rings. The number of alkyl halides is 2. The number of hydrogen-bond acceptors (Lipinski definition) is 2. The summed E-state index contributed by atoms with van der Waals surface area (Å²) in [5.74, 6) is -1.83. The molecule has 0 atom stereocenters. The summed E-state index contributed by atoms with van der Waals surface area (Å²) in [6.07, 6.45) is 3.39. The van der Waals surface area contributed by atoms with Gasteiger partial charge in [-0.2, -0.15) is 0 Å². The second-order valence-corrected chi connectivity index (χ2v) is 6.97. The number of carbonyl (C=O) groups is 1. The van der Waals surface area contributed by atoms with Crippen molar-refractivity contribution in [2.24, 2.45) is 0 Å². The topological polar surface area (TPSA) is 29.5 Å². The van der Waals surface area contributed by atoms with Gasteiger partial charge in [-0.25, -0.2) is 8.78 Å². The summed E-state index contributed by atoms with van der Waals surface area (Å²) in [7, 11) is 0. The number of halogens is 2. The number of hydrogen-bond donors (Lipinski definition) is 0. The van der Waals surface area contributed by atoms with E-state index in [2.05, 4.69) is 19.6 Å². The van der Waals surface area contributed by atoms with Crippen LogP contribution in [-0.4, -0.2) is 29.4 Å². The van der Waals surface area contributed by atoms with Gasteiger partial charge in [-0.15, -0.1) is 0 Å². The highest BCUT2D eigenvalue weighted by Crippen LogP contribution is 2.36. The van der Waals surface area contributed by atoms with Crippen LogP contribution >= 0.6 is 0 Å². The molecule has 25 heavy (non-hydrogen) atoms. The van der Waals surface area contributed by atoms with Crippen molar-refractivity contribution in [2.45, 2.75) is 64.0 Å². The average molecular weight is 349 g/mol. The van der Waals surface area contributed by atoms with Crippen LogP contribution in [0.3, 0.4) is 0 Å². The molecule has 0 aromatic heterocycles. The minimum absolute atomic E-state index is 0.0674. The molecule has 1 saturated carbocycles. The Bertz CT molecular complexity index is 662. The standard InChI is InChI=1S/C20H25F2NO2/c1-3-14-11-15-7-10-23(19(24)4-2)13-16(15)12-18(14)25-17-5-8-20(21,22)9-6-17/h4,11-12,17H,2-3,5-10,13H2,1H3. The van der Waals surface area contributed by atoms with Crippen LogP contribution in [0.15, 0.2) is 24.8 Å². The second-order valence-electron chi connectivity index (χ2n) is 6.97. The summed E-state index contributed by atoms with van der Waals surface area (Å²) >= 11 is 0. The van der Waals surface area contributed by atoms with Gasteiger partial charge in [-0.05, 0) is 54.5 Å². The zero-order chi connectivity index (χ0) is 18.0. The molecule has 0 unspecified atom stereocenters. The molecule has 1 aromatic rings. The Hall–Kier alpha value is -1.91. The van der Waals surface area contributed by atoms with Crippen LogP contribution in [0.5, 0.6) is 5.75 Å². The SMILES string of the molecule is C=CC(=O)N1CCc2cc(CC)c(OC3CCC(F)(F)CC3)cc2C1. The number of rotatable bonds is 4. The Morgan fingerprint density at radius 3 is 2.72 bits per heavy atom. The maximum absolute atomic E-state index is 13.3. The molecule has 136 valence electrons. The van der Waals surface area contributed by atoms with E-state index in [9.17, 15) is 13.6 Å². The molecule has 1 heterocycles. The van der Waals surface area contributed by atoms with Crippen molar-refractivity contribution in [1.29, 1.82) is 0 Å². The van der Waals surface area contributed by atoms with Crippen LogP contribution in [0, 0.1) is 0 Å². The monoisotopic (exact) mass is 349 g/mol. The Kier molecular flexibility index (Phi) is 5.11. The molecule has 1 fully saturated rings. The zero-order valence-corrected chi connectivity index (χ0v) is 14.7. The first-order valence-corrected chi connectivity index (χ1v) is 9.02. The van der Waals surface area contributed by atoms with Crippen molar-refractivity contribution in [3.05, 3.63) is 41.5 Å². The third-order valence-electron chi connectivity index (χ3n) is 5.22. The molecule has 1 aromatic carbocycles. The van der Waals surface area contributed by atoms with Crippen LogP contribution < -0.4 is 4.74 Å². The Labute approximate surface area is 147 Å². The van der Waals surface area contributed by atoms with E-state index in [-0.39, 0.29) is 24.9 Å². The predicted molar refractivity (Wildman–Crippen MR) is 93.0 cm³/mol. The van der Waals surface area contributed by atoms with Gasteiger partial charge in [0.15, 0.2) is 0 Å². The summed E-state index contributed by atoms with van der Waals surface area (Å²) in [4.78, 5) is 13.6. The van der Waals surface area contributed by atoms with Crippen LogP contribution in [0.25, 0.3) is 0 Å². The number of fused-ring (bicyclic) bond motifs is 1. The van der Waals surface area contributed by atoms with Gasteiger partial charge >= 0.3 is 0 Å². The largest absolute Gasteiger partial charge is 0.490 e. The molecule has 0 radical (unpaired) electrons. The van der Waals surface area contributed by atoms with Gasteiger partial charge in [0.05, 0.1) is 6.10 Å². The molecule has 3 nitrogen and oxygen atoms in total. The fraction of sp³-hybridized carbons (Fsp3) is 0.550. The van der Waals surface area contributed by atoms with E-state index in [0.717, 1.165) is 29.7 Å². The van der Waals surface area contributed by atoms with Crippen molar-refractivity contribution in [1.82, 2.24) is 4.90 Å². The van der Waals surface area contributed by atoms with Crippen molar-refractivity contribution >= 4 is 5.91 Å². The van der Waals surface area contributed by atoms with Gasteiger partial charge < -0.3 is 9.64 Å². The molecular formula is C20H25F2NO2. The van der Waals surface area contributed by atoms with Crippen molar-refractivity contribution in [2.75, 3.05) is 6.54 Å². The fourth-order valence-electron chi connectivity index (χ4n) is 3.65. The van der Waals surface area contributed by atoms with Gasteiger partial charge in [0.1, 0.15) is 5.75 Å². The first-order valence-electron chi connectivity index (χ1n) is 9.02. The van der Waals surface area contributed by atoms with Crippen molar-refractivity contribution in [3.8, 4) is 5.75 Å². The number of aryl methyl sites for hydroxylation is 1. The quantitative estimate of drug-likeness (QED) is 0.760. The highest BCUT2D eigenvalue weighted by atomic mass is 19.3. The second kappa shape index (κ2) is 7.14. The van der Waals surface area contributed by atoms with Crippen LogP contribution in [0.4, 0.5) is 8.78 Å². The molecule has 1 amide bonds. The summed E-state index contributed by atoms with van der Waals surface area (Å²) < 4.78 is 32.8. The minimum Gasteiger partial charge on any atom is -0.490 e. The van der Waals surface area contributed by atoms with Gasteiger partial charge in [0, 0.05) is 25.9 Å². The molecule has 1 aliphatic heterocycles. The van der Waals surface area contributed by atoms with E-state index in [1.165, 1.54) is 11.6 Å². The fourth-order valence-corrected chi connectivity index (χ4v) is 3.65. The van der Waals surface area contributed by atoms with E-state index in [4.69, 9.17) is 4.74 Å². The first kappa shape index (κ1) is 17.9. The van der Waals surface area contributed by atoms with Gasteiger partial charge in [0.25, 0.3) is 0 Å². The first-order chi connectivity index (χ1) is 11.9. The summed E-state index contributed by atoms with van der Waals surface area (Å²) in [6.45, 7) is 6.86. The van der Waals surface area contributed by atoms with Gasteiger partial charge in [-0.1, -0.05) is 19.6 Å². The molecule has 0 spiro atoms. The Morgan fingerprint density at radius 1 is 1.36 bits per heavy atom. The summed E-state index contributed by atoms with van der Waals surface area (Å²) in [5, 5.41) is 0. The van der Waals surface area contributed by atoms with E-state index in [0.29, 0.717) is 25.9 Å². The van der Waals surface area contributed by atoms with Gasteiger partial charge in [-0.3, -0.25) is 4.79 Å². The average Bonchev–Trinajstić information content (AvgIpc) is 2.61. The van der Waals surface area contributed by atoms with E-state index in [1.807, 2.05) is 6.07 Å². The lowest BCUT2D eigenvalue weighted by Gasteiger charge is -2.31. The summed E-state index contributed by atoms with van der Waals surface area (Å²) in [5.41, 5.74) is 3.43. The molecule has 0 bridgehead atoms. The van der Waals surface area contributed by atoms with Crippen LogP contribution in [0.2, 0.25) is 0 Å². The highest BCUT2D eigenvalue weighted by Gasteiger charge is 2.36. The molecule has 5 heteroatoms. The zero-order valence-electron chi connectivity index (χ0n) is 14.7. The lowest BCUT2D eigenvalue weighted by atomic mass is 9.93. The lowest BCUT2D eigenvalue weighted by Crippen LogP contribution is -2.35. The molecular weight excluding hydrogens is 324 g/mol.